The second-order valence-corrected chi connectivity index (χ2v) is 6.99. The molecule has 0 heterocycles. The van der Waals surface area contributed by atoms with E-state index in [-0.39, 0.29) is 0 Å². The van der Waals surface area contributed by atoms with Gasteiger partial charge in [0.05, 0.1) is 0 Å². The van der Waals surface area contributed by atoms with Crippen molar-refractivity contribution in [3.8, 4) is 0 Å². The zero-order valence-electron chi connectivity index (χ0n) is 15.5. The molecule has 5 rings (SSSR count). The highest BCUT2D eigenvalue weighted by Gasteiger charge is 2.24. The lowest BCUT2D eigenvalue weighted by molar-refractivity contribution is 1.53. The van der Waals surface area contributed by atoms with Crippen LogP contribution in [-0.4, -0.2) is 0 Å². The molecule has 0 atom stereocenters. The first kappa shape index (κ1) is 16.5. The van der Waals surface area contributed by atoms with E-state index in [0.29, 0.717) is 0 Å². The Hall–Kier alpha value is -3.64. The highest BCUT2D eigenvalue weighted by atomic mass is 14.3. The van der Waals surface area contributed by atoms with Crippen molar-refractivity contribution in [2.75, 3.05) is 0 Å². The van der Waals surface area contributed by atoms with Crippen LogP contribution in [0, 0.1) is 0 Å². The quantitative estimate of drug-likeness (QED) is 0.364. The maximum absolute atomic E-state index is 2.33. The van der Waals surface area contributed by atoms with Crippen molar-refractivity contribution >= 4 is 22.8 Å². The topological polar surface area (TPSA) is 0 Å². The molecule has 132 valence electrons. The lowest BCUT2D eigenvalue weighted by atomic mass is 9.86. The van der Waals surface area contributed by atoms with Crippen molar-refractivity contribution in [3.05, 3.63) is 143 Å². The zero-order valence-corrected chi connectivity index (χ0v) is 15.5. The Labute approximate surface area is 166 Å². The van der Waals surface area contributed by atoms with E-state index >= 15 is 0 Å². The minimum atomic E-state index is 1.24. The maximum atomic E-state index is 2.33. The van der Waals surface area contributed by atoms with Gasteiger partial charge >= 0.3 is 0 Å². The van der Waals surface area contributed by atoms with Crippen molar-refractivity contribution in [2.45, 2.75) is 0 Å². The van der Waals surface area contributed by atoms with Gasteiger partial charge in [-0.15, -0.1) is 0 Å². The van der Waals surface area contributed by atoms with Gasteiger partial charge in [0.1, 0.15) is 0 Å². The van der Waals surface area contributed by atoms with E-state index in [2.05, 4.69) is 121 Å². The first-order valence-corrected chi connectivity index (χ1v) is 9.64. The molecule has 0 fully saturated rings. The summed E-state index contributed by atoms with van der Waals surface area (Å²) in [6.07, 6.45) is 2.33. The Morgan fingerprint density at radius 1 is 0.464 bits per heavy atom. The predicted octanol–water partition coefficient (Wildman–Crippen LogP) is 7.20. The van der Waals surface area contributed by atoms with E-state index in [1.807, 2.05) is 0 Å². The highest BCUT2D eigenvalue weighted by molar-refractivity contribution is 6.25. The number of hydrogen-bond acceptors (Lipinski definition) is 0. The Morgan fingerprint density at radius 3 is 1.57 bits per heavy atom. The number of rotatable bonds is 3. The van der Waals surface area contributed by atoms with Crippen LogP contribution in [0.1, 0.15) is 27.8 Å². The Kier molecular flexibility index (Phi) is 4.23. The fourth-order valence-corrected chi connectivity index (χ4v) is 4.00. The molecule has 1 aliphatic carbocycles. The van der Waals surface area contributed by atoms with Gasteiger partial charge in [-0.05, 0) is 50.6 Å². The number of fused-ring (bicyclic) bond motifs is 1. The normalized spacial score (nSPS) is 12.4. The monoisotopic (exact) mass is 356 g/mol. The van der Waals surface area contributed by atoms with Gasteiger partial charge in [0.25, 0.3) is 0 Å². The van der Waals surface area contributed by atoms with Gasteiger partial charge in [0, 0.05) is 0 Å². The van der Waals surface area contributed by atoms with Crippen LogP contribution in [0.2, 0.25) is 0 Å². The molecule has 4 aromatic carbocycles. The third-order valence-corrected chi connectivity index (χ3v) is 5.26. The van der Waals surface area contributed by atoms with Crippen molar-refractivity contribution in [2.24, 2.45) is 0 Å². The first-order valence-electron chi connectivity index (χ1n) is 9.64. The summed E-state index contributed by atoms with van der Waals surface area (Å²) in [7, 11) is 0. The van der Waals surface area contributed by atoms with E-state index in [9.17, 15) is 0 Å². The molecule has 0 bridgehead atoms. The van der Waals surface area contributed by atoms with Crippen LogP contribution >= 0.6 is 0 Å². The molecule has 1 aliphatic rings. The summed E-state index contributed by atoms with van der Waals surface area (Å²) < 4.78 is 0. The number of allylic oxidation sites excluding steroid dienone is 2. The van der Waals surface area contributed by atoms with E-state index in [4.69, 9.17) is 0 Å². The zero-order chi connectivity index (χ0) is 18.8. The maximum Gasteiger partial charge on any atom is -0.00146 e. The minimum absolute atomic E-state index is 1.24. The van der Waals surface area contributed by atoms with Crippen LogP contribution in [-0.2, 0) is 0 Å². The van der Waals surface area contributed by atoms with Gasteiger partial charge in [-0.3, -0.25) is 0 Å². The van der Waals surface area contributed by atoms with E-state index in [1.54, 1.807) is 0 Å². The molecule has 0 radical (unpaired) electrons. The fourth-order valence-electron chi connectivity index (χ4n) is 4.00. The van der Waals surface area contributed by atoms with E-state index < -0.39 is 0 Å². The molecule has 0 spiro atoms. The molecule has 0 saturated carbocycles. The molecule has 28 heavy (non-hydrogen) atoms. The van der Waals surface area contributed by atoms with Crippen molar-refractivity contribution in [1.29, 1.82) is 0 Å². The first-order chi connectivity index (χ1) is 13.9. The number of benzene rings is 4. The summed E-state index contributed by atoms with van der Waals surface area (Å²) >= 11 is 0. The minimum Gasteiger partial charge on any atom is -0.0622 e. The van der Waals surface area contributed by atoms with Crippen LogP contribution in [0.15, 0.2) is 115 Å². The molecule has 0 amide bonds. The lowest BCUT2D eigenvalue weighted by Crippen LogP contribution is -1.96. The van der Waals surface area contributed by atoms with Crippen LogP contribution in [0.5, 0.6) is 0 Å². The summed E-state index contributed by atoms with van der Waals surface area (Å²) in [6.45, 7) is 0. The molecule has 0 nitrogen and oxygen atoms in total. The van der Waals surface area contributed by atoms with E-state index in [0.717, 1.165) is 0 Å². The predicted molar refractivity (Wildman–Crippen MR) is 120 cm³/mol. The van der Waals surface area contributed by atoms with Crippen LogP contribution < -0.4 is 0 Å². The molecule has 0 aliphatic heterocycles. The second-order valence-electron chi connectivity index (χ2n) is 6.99. The van der Waals surface area contributed by atoms with Gasteiger partial charge in [0.2, 0.25) is 0 Å². The molecule has 4 aromatic rings. The molecular formula is C28H20. The smallest absolute Gasteiger partial charge is 0.00146 e. The standard InChI is InChI=1S/C28H20/c1-4-12-21(13-5-1)26-20-24-18-10-11-19-25(24)28(26)27(22-14-6-2-7-15-22)23-16-8-3-9-17-23/h1-20H. The van der Waals surface area contributed by atoms with Crippen molar-refractivity contribution < 1.29 is 0 Å². The summed E-state index contributed by atoms with van der Waals surface area (Å²) in [6, 6.07) is 40.8. The van der Waals surface area contributed by atoms with Crippen molar-refractivity contribution in [1.82, 2.24) is 0 Å². The number of hydrogen-bond donors (Lipinski definition) is 0. The van der Waals surface area contributed by atoms with Crippen LogP contribution in [0.3, 0.4) is 0 Å². The summed E-state index contributed by atoms with van der Waals surface area (Å²) in [5.41, 5.74) is 10.2. The molecule has 0 unspecified atom stereocenters. The van der Waals surface area contributed by atoms with E-state index in [1.165, 1.54) is 44.5 Å². The average molecular weight is 356 g/mol. The molecule has 0 aromatic heterocycles. The summed E-state index contributed by atoms with van der Waals surface area (Å²) in [4.78, 5) is 0. The Balaban J connectivity index is 1.87. The Morgan fingerprint density at radius 2 is 0.964 bits per heavy atom. The third-order valence-electron chi connectivity index (χ3n) is 5.26. The molecule has 0 heteroatoms. The third kappa shape index (κ3) is 2.90. The second kappa shape index (κ2) is 7.17. The SMILES string of the molecule is C1=C(c2ccccc2)C(=C(c2ccccc2)c2ccccc2)c2ccccc21. The highest BCUT2D eigenvalue weighted by Crippen LogP contribution is 2.46. The molecule has 0 N–H and O–H groups in total. The molecule has 0 saturated heterocycles. The molecular weight excluding hydrogens is 336 g/mol. The van der Waals surface area contributed by atoms with Crippen molar-refractivity contribution in [3.63, 3.8) is 0 Å². The van der Waals surface area contributed by atoms with Gasteiger partial charge in [-0.25, -0.2) is 0 Å². The summed E-state index contributed by atoms with van der Waals surface area (Å²) in [5.74, 6) is 0. The summed E-state index contributed by atoms with van der Waals surface area (Å²) in [5, 5.41) is 0. The van der Waals surface area contributed by atoms with Gasteiger partial charge in [-0.2, -0.15) is 0 Å². The van der Waals surface area contributed by atoms with Crippen LogP contribution in [0.25, 0.3) is 22.8 Å². The average Bonchev–Trinajstić information content (AvgIpc) is 3.16. The van der Waals surface area contributed by atoms with Gasteiger partial charge in [-0.1, -0.05) is 115 Å². The fraction of sp³-hybridized carbons (Fsp3) is 0. The Bertz CT molecular complexity index is 1120. The van der Waals surface area contributed by atoms with Crippen LogP contribution in [0.4, 0.5) is 0 Å². The van der Waals surface area contributed by atoms with Gasteiger partial charge < -0.3 is 0 Å². The largest absolute Gasteiger partial charge is 0.0622 e. The van der Waals surface area contributed by atoms with Gasteiger partial charge in [0.15, 0.2) is 0 Å². The lowest BCUT2D eigenvalue weighted by Gasteiger charge is -2.17.